The largest absolute Gasteiger partial charge is 0.497 e. The van der Waals surface area contributed by atoms with Crippen LogP contribution in [0.25, 0.3) is 11.0 Å². The summed E-state index contributed by atoms with van der Waals surface area (Å²) < 4.78 is 28.0. The van der Waals surface area contributed by atoms with Crippen molar-refractivity contribution in [1.29, 1.82) is 0 Å². The molecule has 0 unspecified atom stereocenters. The van der Waals surface area contributed by atoms with E-state index < -0.39 is 23.6 Å². The first-order chi connectivity index (χ1) is 17.6. The van der Waals surface area contributed by atoms with Gasteiger partial charge in [-0.25, -0.2) is 9.59 Å². The summed E-state index contributed by atoms with van der Waals surface area (Å²) in [7, 11) is 1.64. The second kappa shape index (κ2) is 10.2. The number of methoxy groups -OCH3 is 1. The van der Waals surface area contributed by atoms with Gasteiger partial charge < -0.3 is 23.4 Å². The SMILES string of the molecule is CCOC(=O)[C@H]1Oc2c(c(=O)oc3ccccc23)[C@H]1c1ccc(OCCc2ccc(OC)cc2)cc1. The Morgan fingerprint density at radius 2 is 1.67 bits per heavy atom. The third kappa shape index (κ3) is 4.52. The zero-order chi connectivity index (χ0) is 25.1. The molecule has 0 saturated carbocycles. The second-order valence-corrected chi connectivity index (χ2v) is 8.41. The molecule has 0 spiro atoms. The quantitative estimate of drug-likeness (QED) is 0.259. The topological polar surface area (TPSA) is 84.2 Å². The Balaban J connectivity index is 1.39. The highest BCUT2D eigenvalue weighted by atomic mass is 16.6. The van der Waals surface area contributed by atoms with E-state index in [0.29, 0.717) is 34.6 Å². The summed E-state index contributed by atoms with van der Waals surface area (Å²) in [6, 6.07) is 22.3. The monoisotopic (exact) mass is 486 g/mol. The molecule has 1 aromatic heterocycles. The Hall–Kier alpha value is -4.26. The lowest BCUT2D eigenvalue weighted by molar-refractivity contribution is -0.151. The van der Waals surface area contributed by atoms with Crippen molar-refractivity contribution in [3.8, 4) is 17.2 Å². The number of para-hydroxylation sites is 1. The molecule has 0 amide bonds. The van der Waals surface area contributed by atoms with Gasteiger partial charge in [0.25, 0.3) is 0 Å². The molecule has 0 fully saturated rings. The van der Waals surface area contributed by atoms with Crippen LogP contribution in [-0.4, -0.2) is 32.4 Å². The number of benzene rings is 3. The van der Waals surface area contributed by atoms with Crippen LogP contribution in [0.3, 0.4) is 0 Å². The zero-order valence-corrected chi connectivity index (χ0v) is 20.1. The van der Waals surface area contributed by atoms with Crippen molar-refractivity contribution in [3.63, 3.8) is 0 Å². The van der Waals surface area contributed by atoms with Crippen LogP contribution in [0.1, 0.15) is 29.5 Å². The average molecular weight is 487 g/mol. The number of fused-ring (bicyclic) bond motifs is 3. The van der Waals surface area contributed by atoms with Crippen LogP contribution in [0.4, 0.5) is 0 Å². The standard InChI is InChI=1S/C29H26O7/c1-3-33-29(31)27-24(25-26(36-27)22-6-4-5-7-23(22)35-28(25)30)19-10-14-21(15-11-19)34-17-16-18-8-12-20(32-2)13-9-18/h4-15,24,27H,3,16-17H2,1-2H3/t24-,27+/m1/s1. The smallest absolute Gasteiger partial charge is 0.348 e. The van der Waals surface area contributed by atoms with Crippen LogP contribution in [0.15, 0.2) is 82.0 Å². The summed E-state index contributed by atoms with van der Waals surface area (Å²) in [5.41, 5.74) is 2.07. The Morgan fingerprint density at radius 1 is 0.944 bits per heavy atom. The Labute approximate surface area is 208 Å². The molecular formula is C29H26O7. The van der Waals surface area contributed by atoms with E-state index >= 15 is 0 Å². The van der Waals surface area contributed by atoms with E-state index in [1.54, 1.807) is 26.2 Å². The third-order valence-corrected chi connectivity index (χ3v) is 6.23. The van der Waals surface area contributed by atoms with E-state index in [4.69, 9.17) is 23.4 Å². The van der Waals surface area contributed by atoms with Crippen molar-refractivity contribution < 1.29 is 28.2 Å². The number of carbonyl (C=O) groups is 1. The lowest BCUT2D eigenvalue weighted by Crippen LogP contribution is -2.32. The van der Waals surface area contributed by atoms with E-state index in [2.05, 4.69) is 0 Å². The van der Waals surface area contributed by atoms with Crippen LogP contribution >= 0.6 is 0 Å². The summed E-state index contributed by atoms with van der Waals surface area (Å²) in [4.78, 5) is 25.8. The van der Waals surface area contributed by atoms with Gasteiger partial charge in [0.2, 0.25) is 6.10 Å². The fraction of sp³-hybridized carbons (Fsp3) is 0.241. The van der Waals surface area contributed by atoms with Crippen LogP contribution in [0.5, 0.6) is 17.2 Å². The fourth-order valence-electron chi connectivity index (χ4n) is 4.48. The number of hydrogen-bond acceptors (Lipinski definition) is 7. The van der Waals surface area contributed by atoms with Gasteiger partial charge in [-0.1, -0.05) is 36.4 Å². The molecule has 184 valence electrons. The minimum absolute atomic E-state index is 0.206. The highest BCUT2D eigenvalue weighted by Crippen LogP contribution is 2.44. The average Bonchev–Trinajstić information content (AvgIpc) is 3.32. The third-order valence-electron chi connectivity index (χ3n) is 6.23. The maximum atomic E-state index is 13.0. The first kappa shape index (κ1) is 23.5. The highest BCUT2D eigenvalue weighted by Gasteiger charge is 2.45. The highest BCUT2D eigenvalue weighted by molar-refractivity contribution is 5.88. The van der Waals surface area contributed by atoms with Crippen molar-refractivity contribution in [2.24, 2.45) is 0 Å². The molecule has 0 radical (unpaired) electrons. The number of ether oxygens (including phenoxy) is 4. The Bertz CT molecular complexity index is 1420. The van der Waals surface area contributed by atoms with Gasteiger partial charge in [0.15, 0.2) is 0 Å². The van der Waals surface area contributed by atoms with E-state index in [-0.39, 0.29) is 6.61 Å². The minimum Gasteiger partial charge on any atom is -0.497 e. The van der Waals surface area contributed by atoms with Gasteiger partial charge in [-0.15, -0.1) is 0 Å². The maximum absolute atomic E-state index is 13.0. The van der Waals surface area contributed by atoms with E-state index in [1.165, 1.54) is 0 Å². The number of hydrogen-bond donors (Lipinski definition) is 0. The molecular weight excluding hydrogens is 460 g/mol. The van der Waals surface area contributed by atoms with Crippen LogP contribution in [0, 0.1) is 0 Å². The van der Waals surface area contributed by atoms with Crippen LogP contribution in [0.2, 0.25) is 0 Å². The molecule has 0 N–H and O–H groups in total. The Kier molecular flexibility index (Phi) is 6.62. The van der Waals surface area contributed by atoms with Crippen molar-refractivity contribution in [2.75, 3.05) is 20.3 Å². The van der Waals surface area contributed by atoms with Crippen molar-refractivity contribution >= 4 is 16.9 Å². The van der Waals surface area contributed by atoms with Gasteiger partial charge in [0.05, 0.1) is 37.2 Å². The van der Waals surface area contributed by atoms with Crippen molar-refractivity contribution in [1.82, 2.24) is 0 Å². The van der Waals surface area contributed by atoms with Gasteiger partial charge >= 0.3 is 11.6 Å². The van der Waals surface area contributed by atoms with E-state index in [1.807, 2.05) is 60.7 Å². The molecule has 0 saturated heterocycles. The van der Waals surface area contributed by atoms with Crippen molar-refractivity contribution in [3.05, 3.63) is 99.9 Å². The van der Waals surface area contributed by atoms with Gasteiger partial charge in [-0.2, -0.15) is 0 Å². The summed E-state index contributed by atoms with van der Waals surface area (Å²) >= 11 is 0. The molecule has 5 rings (SSSR count). The molecule has 2 heterocycles. The van der Waals surface area contributed by atoms with Crippen LogP contribution < -0.4 is 19.8 Å². The maximum Gasteiger partial charge on any atom is 0.348 e. The molecule has 1 aliphatic rings. The predicted molar refractivity (Wildman–Crippen MR) is 134 cm³/mol. The van der Waals surface area contributed by atoms with Crippen LogP contribution in [-0.2, 0) is 16.0 Å². The Morgan fingerprint density at radius 3 is 2.39 bits per heavy atom. The number of rotatable bonds is 8. The van der Waals surface area contributed by atoms with E-state index in [9.17, 15) is 9.59 Å². The lowest BCUT2D eigenvalue weighted by Gasteiger charge is -2.18. The molecule has 36 heavy (non-hydrogen) atoms. The molecule has 2 atom stereocenters. The molecule has 3 aromatic carbocycles. The summed E-state index contributed by atoms with van der Waals surface area (Å²) in [5.74, 6) is 0.681. The summed E-state index contributed by atoms with van der Waals surface area (Å²) in [6.45, 7) is 2.44. The molecule has 0 aliphatic carbocycles. The number of esters is 1. The second-order valence-electron chi connectivity index (χ2n) is 8.41. The van der Waals surface area contributed by atoms with Gasteiger partial charge in [0, 0.05) is 6.42 Å². The van der Waals surface area contributed by atoms with Gasteiger partial charge in [0.1, 0.15) is 22.8 Å². The van der Waals surface area contributed by atoms with Gasteiger partial charge in [-0.3, -0.25) is 0 Å². The molecule has 7 heteroatoms. The molecule has 4 aromatic rings. The molecule has 0 bridgehead atoms. The fourth-order valence-corrected chi connectivity index (χ4v) is 4.48. The molecule has 1 aliphatic heterocycles. The first-order valence-electron chi connectivity index (χ1n) is 11.8. The predicted octanol–water partition coefficient (Wildman–Crippen LogP) is 4.88. The summed E-state index contributed by atoms with van der Waals surface area (Å²) in [6.07, 6.45) is -0.246. The first-order valence-corrected chi connectivity index (χ1v) is 11.8. The van der Waals surface area contributed by atoms with E-state index in [0.717, 1.165) is 23.3 Å². The summed E-state index contributed by atoms with van der Waals surface area (Å²) in [5, 5.41) is 0.641. The minimum atomic E-state index is -0.990. The zero-order valence-electron chi connectivity index (χ0n) is 20.1. The number of carbonyl (C=O) groups excluding carboxylic acids is 1. The van der Waals surface area contributed by atoms with Crippen molar-refractivity contribution in [2.45, 2.75) is 25.4 Å². The lowest BCUT2D eigenvalue weighted by atomic mass is 9.88. The normalized spacial score (nSPS) is 16.3. The molecule has 7 nitrogen and oxygen atoms in total. The van der Waals surface area contributed by atoms with Gasteiger partial charge in [-0.05, 0) is 54.4 Å².